The zero-order valence-corrected chi connectivity index (χ0v) is 12.4. The molecule has 0 bridgehead atoms. The van der Waals surface area contributed by atoms with Crippen molar-refractivity contribution in [3.8, 4) is 0 Å². The van der Waals surface area contributed by atoms with Gasteiger partial charge in [-0.05, 0) is 26.0 Å². The first-order valence-electron chi connectivity index (χ1n) is 5.47. The van der Waals surface area contributed by atoms with E-state index >= 15 is 0 Å². The molecule has 0 aliphatic carbocycles. The van der Waals surface area contributed by atoms with E-state index in [1.807, 2.05) is 0 Å². The number of nitrogens with zero attached hydrogens (tertiary/aromatic N) is 1. The van der Waals surface area contributed by atoms with Gasteiger partial charge in [0.2, 0.25) is 0 Å². The quantitative estimate of drug-likeness (QED) is 0.855. The highest BCUT2D eigenvalue weighted by Crippen LogP contribution is 2.32. The Balaban J connectivity index is 3.03. The van der Waals surface area contributed by atoms with E-state index in [0.717, 1.165) is 6.26 Å². The van der Waals surface area contributed by atoms with Crippen LogP contribution in [0.15, 0.2) is 32.3 Å². The van der Waals surface area contributed by atoms with Crippen molar-refractivity contribution in [3.05, 3.63) is 34.4 Å². The summed E-state index contributed by atoms with van der Waals surface area (Å²) >= 11 is 4.38. The molecule has 1 heterocycles. The van der Waals surface area contributed by atoms with Gasteiger partial charge in [0.25, 0.3) is 0 Å². The third kappa shape index (κ3) is 2.66. The maximum Gasteiger partial charge on any atom is 0.439 e. The molecule has 7 heteroatoms. The molecule has 0 aliphatic heterocycles. The summed E-state index contributed by atoms with van der Waals surface area (Å²) < 4.78 is 27.7. The predicted octanol–water partition coefficient (Wildman–Crippen LogP) is 1.76. The Hall–Kier alpha value is -1.34. The van der Waals surface area contributed by atoms with Crippen molar-refractivity contribution in [1.29, 1.82) is 0 Å². The molecule has 0 aliphatic rings. The Morgan fingerprint density at radius 1 is 1.32 bits per heavy atom. The maximum absolute atomic E-state index is 11.7. The molecule has 0 unspecified atom stereocenters. The molecule has 5 nitrogen and oxygen atoms in total. The van der Waals surface area contributed by atoms with Gasteiger partial charge >= 0.3 is 5.76 Å². The molecule has 1 aromatic carbocycles. The van der Waals surface area contributed by atoms with Crippen LogP contribution in [0, 0.1) is 0 Å². The largest absolute Gasteiger partial charge is 0.439 e. The van der Waals surface area contributed by atoms with Crippen LogP contribution in [0.5, 0.6) is 0 Å². The Morgan fingerprint density at radius 2 is 1.95 bits per heavy atom. The lowest BCUT2D eigenvalue weighted by Gasteiger charge is -2.18. The summed E-state index contributed by atoms with van der Waals surface area (Å²) in [5, 5.41) is 0.475. The fraction of sp³-hybridized carbons (Fsp3) is 0.333. The molecule has 0 saturated carbocycles. The summed E-state index contributed by atoms with van der Waals surface area (Å²) in [5.41, 5.74) is 0.426. The number of hydrogen-bond donors (Lipinski definition) is 1. The van der Waals surface area contributed by atoms with Crippen molar-refractivity contribution in [2.24, 2.45) is 0 Å². The summed E-state index contributed by atoms with van der Waals surface area (Å²) in [6, 6.07) is 4.65. The van der Waals surface area contributed by atoms with Gasteiger partial charge in [0.05, 0.1) is 10.4 Å². The van der Waals surface area contributed by atoms with Crippen molar-refractivity contribution in [3.63, 3.8) is 0 Å². The fourth-order valence-corrected chi connectivity index (χ4v) is 2.81. The zero-order valence-electron chi connectivity index (χ0n) is 10.7. The average Bonchev–Trinajstić information content (AvgIpc) is 2.24. The van der Waals surface area contributed by atoms with Gasteiger partial charge in [0.15, 0.2) is 15.4 Å². The first kappa shape index (κ1) is 14.1. The van der Waals surface area contributed by atoms with E-state index in [9.17, 15) is 13.2 Å². The number of para-hydroxylation sites is 1. The second kappa shape index (κ2) is 4.35. The molecule has 1 aromatic heterocycles. The smallest absolute Gasteiger partial charge is 0.407 e. The highest BCUT2D eigenvalue weighted by molar-refractivity contribution is 7.91. The summed E-state index contributed by atoms with van der Waals surface area (Å²) in [6.45, 7) is 3.54. The first-order valence-corrected chi connectivity index (χ1v) is 7.81. The normalized spacial score (nSPS) is 12.8. The summed E-state index contributed by atoms with van der Waals surface area (Å²) in [5.74, 6) is -0.833. The van der Waals surface area contributed by atoms with Crippen molar-refractivity contribution in [2.45, 2.75) is 23.5 Å². The number of sulfone groups is 1. The highest BCUT2D eigenvalue weighted by Gasteiger charge is 2.24. The average molecular weight is 299 g/mol. The van der Waals surface area contributed by atoms with Gasteiger partial charge in [0, 0.05) is 11.6 Å². The lowest BCUT2D eigenvalue weighted by atomic mass is 10.0. The van der Waals surface area contributed by atoms with Gasteiger partial charge in [-0.1, -0.05) is 6.07 Å². The van der Waals surface area contributed by atoms with E-state index in [0.29, 0.717) is 11.1 Å². The Labute approximate surface area is 116 Å². The lowest BCUT2D eigenvalue weighted by molar-refractivity contribution is 0.512. The fourth-order valence-electron chi connectivity index (χ4n) is 1.83. The van der Waals surface area contributed by atoms with E-state index < -0.39 is 20.3 Å². The molecule has 0 radical (unpaired) electrons. The minimum Gasteiger partial charge on any atom is -0.407 e. The predicted molar refractivity (Wildman–Crippen MR) is 75.4 cm³/mol. The molecule has 19 heavy (non-hydrogen) atoms. The number of benzene rings is 1. The molecule has 0 amide bonds. The minimum atomic E-state index is -3.49. The molecule has 0 saturated heterocycles. The van der Waals surface area contributed by atoms with Crippen molar-refractivity contribution in [2.75, 3.05) is 6.26 Å². The molecule has 2 aromatic rings. The topological polar surface area (TPSA) is 77.2 Å². The Morgan fingerprint density at radius 3 is 2.47 bits per heavy atom. The molecule has 0 spiro atoms. The van der Waals surface area contributed by atoms with Crippen molar-refractivity contribution >= 4 is 33.4 Å². The van der Waals surface area contributed by atoms with Gasteiger partial charge < -0.3 is 4.42 Å². The van der Waals surface area contributed by atoms with Crippen LogP contribution in [0.2, 0.25) is 0 Å². The van der Waals surface area contributed by atoms with Gasteiger partial charge in [-0.25, -0.2) is 13.2 Å². The highest BCUT2D eigenvalue weighted by atomic mass is 32.2. The summed E-state index contributed by atoms with van der Waals surface area (Å²) in [7, 11) is -3.49. The van der Waals surface area contributed by atoms with Crippen LogP contribution in [0.25, 0.3) is 11.0 Å². The van der Waals surface area contributed by atoms with E-state index in [4.69, 9.17) is 4.42 Å². The van der Waals surface area contributed by atoms with E-state index in [-0.39, 0.29) is 10.5 Å². The minimum absolute atomic E-state index is 0.0247. The second-order valence-corrected chi connectivity index (χ2v) is 7.89. The van der Waals surface area contributed by atoms with E-state index in [1.165, 1.54) is 6.07 Å². The van der Waals surface area contributed by atoms with E-state index in [1.54, 1.807) is 26.0 Å². The summed E-state index contributed by atoms with van der Waals surface area (Å²) in [6.07, 6.45) is 1.06. The molecule has 0 fully saturated rings. The monoisotopic (exact) mass is 299 g/mol. The molecular formula is C12H13NO4S2. The van der Waals surface area contributed by atoms with Crippen molar-refractivity contribution < 1.29 is 12.8 Å². The number of fused-ring (bicyclic) bond motifs is 1. The van der Waals surface area contributed by atoms with Crippen LogP contribution in [-0.2, 0) is 14.6 Å². The van der Waals surface area contributed by atoms with Crippen LogP contribution in [0.3, 0.4) is 0 Å². The van der Waals surface area contributed by atoms with Crippen LogP contribution >= 0.6 is 12.6 Å². The standard InChI is InChI=1S/C12H13NO4S2/c1-12(2,18)10-7-5-4-6-8(19(3,15)16)9(7)17-11(14)13-10/h4-6,18H,1-3H3. The molecule has 102 valence electrons. The van der Waals surface area contributed by atoms with Crippen LogP contribution in [0.4, 0.5) is 0 Å². The van der Waals surface area contributed by atoms with Crippen molar-refractivity contribution in [1.82, 2.24) is 4.98 Å². The Kier molecular flexibility index (Phi) is 3.22. The number of aromatic nitrogens is 1. The van der Waals surface area contributed by atoms with Gasteiger partial charge in [-0.3, -0.25) is 0 Å². The molecule has 0 atom stereocenters. The number of rotatable bonds is 2. The van der Waals surface area contributed by atoms with Gasteiger partial charge in [-0.15, -0.1) is 0 Å². The van der Waals surface area contributed by atoms with Crippen LogP contribution in [0.1, 0.15) is 19.5 Å². The first-order chi connectivity index (χ1) is 8.60. The molecule has 0 N–H and O–H groups in total. The number of thiol groups is 1. The molecule has 2 rings (SSSR count). The lowest BCUT2D eigenvalue weighted by Crippen LogP contribution is -2.18. The van der Waals surface area contributed by atoms with Gasteiger partial charge in [0.1, 0.15) is 4.90 Å². The Bertz CT molecular complexity index is 801. The number of hydrogen-bond acceptors (Lipinski definition) is 6. The zero-order chi connectivity index (χ0) is 14.4. The second-order valence-electron chi connectivity index (χ2n) is 4.79. The summed E-state index contributed by atoms with van der Waals surface area (Å²) in [4.78, 5) is 15.3. The SMILES string of the molecule is CC(C)(S)c1nc(=O)oc2c(S(C)(=O)=O)cccc12. The maximum atomic E-state index is 11.7. The molecular weight excluding hydrogens is 286 g/mol. The van der Waals surface area contributed by atoms with Gasteiger partial charge in [-0.2, -0.15) is 17.6 Å². The van der Waals surface area contributed by atoms with Crippen LogP contribution in [-0.4, -0.2) is 19.7 Å². The third-order valence-corrected chi connectivity index (χ3v) is 3.94. The third-order valence-electron chi connectivity index (χ3n) is 2.61. The van der Waals surface area contributed by atoms with E-state index in [2.05, 4.69) is 17.6 Å². The van der Waals surface area contributed by atoms with Crippen LogP contribution < -0.4 is 5.76 Å².